The summed E-state index contributed by atoms with van der Waals surface area (Å²) < 4.78 is 48.1. The number of halogens is 3. The number of aromatic nitrogens is 2. The van der Waals surface area contributed by atoms with E-state index in [1.165, 1.54) is 6.07 Å². The minimum atomic E-state index is -4.60. The van der Waals surface area contributed by atoms with Gasteiger partial charge in [-0.1, -0.05) is 0 Å². The van der Waals surface area contributed by atoms with Gasteiger partial charge in [-0.3, -0.25) is 9.67 Å². The molecule has 0 atom stereocenters. The van der Waals surface area contributed by atoms with Gasteiger partial charge in [0.05, 0.1) is 36.7 Å². The Labute approximate surface area is 225 Å². The molecule has 4 rings (SSSR count). The standard InChI is InChI=1S/C28H30F3N7O/c1-33-19-35-27-18-38(24-6-3-20(16-32)26(15-24)28(29,30)31)13-10-21(27)17-34-22-4-7-25(8-5-22)39-14-11-23-9-12-36-37(23)2/h3-9,12,15,19,34H,10-11,13-14,17-18H2,1-2H3,(H,33,35). The number of aliphatic imine (C=N–C) groups is 1. The fourth-order valence-electron chi connectivity index (χ4n) is 4.37. The molecule has 0 unspecified atom stereocenters. The second kappa shape index (κ2) is 12.4. The van der Waals surface area contributed by atoms with Gasteiger partial charge < -0.3 is 20.3 Å². The normalized spacial score (nSPS) is 14.0. The smallest absolute Gasteiger partial charge is 0.417 e. The third kappa shape index (κ3) is 7.10. The van der Waals surface area contributed by atoms with Crippen LogP contribution in [0.5, 0.6) is 5.75 Å². The first-order chi connectivity index (χ1) is 18.8. The van der Waals surface area contributed by atoms with Crippen molar-refractivity contribution in [3.8, 4) is 11.8 Å². The number of aryl methyl sites for hydroxylation is 1. The van der Waals surface area contributed by atoms with E-state index in [0.29, 0.717) is 38.3 Å². The molecule has 0 aliphatic carbocycles. The third-order valence-corrected chi connectivity index (χ3v) is 6.53. The third-order valence-electron chi connectivity index (χ3n) is 6.53. The van der Waals surface area contributed by atoms with E-state index in [4.69, 9.17) is 10.00 Å². The van der Waals surface area contributed by atoms with Crippen LogP contribution < -0.4 is 20.3 Å². The van der Waals surface area contributed by atoms with E-state index in [9.17, 15) is 13.2 Å². The van der Waals surface area contributed by atoms with Crippen LogP contribution in [-0.4, -0.2) is 49.4 Å². The van der Waals surface area contributed by atoms with Gasteiger partial charge in [-0.25, -0.2) is 0 Å². The maximum absolute atomic E-state index is 13.5. The molecule has 2 aromatic carbocycles. The van der Waals surface area contributed by atoms with Crippen LogP contribution in [-0.2, 0) is 19.6 Å². The Morgan fingerprint density at radius 3 is 2.64 bits per heavy atom. The van der Waals surface area contributed by atoms with Crippen LogP contribution >= 0.6 is 0 Å². The molecule has 0 saturated heterocycles. The molecule has 8 nitrogen and oxygen atoms in total. The minimum absolute atomic E-state index is 0.384. The van der Waals surface area contributed by atoms with E-state index in [-0.39, 0.29) is 5.56 Å². The maximum atomic E-state index is 13.5. The Hall–Kier alpha value is -4.46. The number of nitriles is 1. The summed E-state index contributed by atoms with van der Waals surface area (Å²) in [4.78, 5) is 5.86. The molecule has 0 amide bonds. The highest BCUT2D eigenvalue weighted by molar-refractivity contribution is 5.61. The predicted molar refractivity (Wildman–Crippen MR) is 145 cm³/mol. The first-order valence-electron chi connectivity index (χ1n) is 12.5. The zero-order chi connectivity index (χ0) is 27.8. The molecular weight excluding hydrogens is 507 g/mol. The number of ether oxygens (including phenoxy) is 1. The van der Waals surface area contributed by atoms with Crippen LogP contribution in [0.2, 0.25) is 0 Å². The van der Waals surface area contributed by atoms with E-state index in [2.05, 4.69) is 20.7 Å². The van der Waals surface area contributed by atoms with E-state index < -0.39 is 11.7 Å². The number of nitrogens with one attached hydrogen (secondary N) is 2. The van der Waals surface area contributed by atoms with Crippen molar-refractivity contribution in [3.63, 3.8) is 0 Å². The molecule has 11 heteroatoms. The topological polar surface area (TPSA) is 90.5 Å². The molecule has 0 bridgehead atoms. The van der Waals surface area contributed by atoms with Gasteiger partial charge in [0.1, 0.15) is 5.75 Å². The van der Waals surface area contributed by atoms with Crippen molar-refractivity contribution in [3.05, 3.63) is 82.8 Å². The molecule has 3 aromatic rings. The van der Waals surface area contributed by atoms with E-state index in [1.54, 1.807) is 31.7 Å². The van der Waals surface area contributed by atoms with Crippen LogP contribution in [0.1, 0.15) is 23.2 Å². The van der Waals surface area contributed by atoms with Crippen LogP contribution in [0.15, 0.2) is 71.0 Å². The molecule has 1 aliphatic heterocycles. The number of rotatable bonds is 10. The Kier molecular flexibility index (Phi) is 8.76. The lowest BCUT2D eigenvalue weighted by Crippen LogP contribution is -2.37. The Morgan fingerprint density at radius 1 is 1.18 bits per heavy atom. The highest BCUT2D eigenvalue weighted by Crippen LogP contribution is 2.35. The van der Waals surface area contributed by atoms with Gasteiger partial charge in [-0.15, -0.1) is 0 Å². The van der Waals surface area contributed by atoms with Crippen molar-refractivity contribution in [1.29, 1.82) is 5.26 Å². The van der Waals surface area contributed by atoms with Crippen LogP contribution in [0.25, 0.3) is 0 Å². The van der Waals surface area contributed by atoms with Crippen LogP contribution in [0, 0.1) is 11.3 Å². The summed E-state index contributed by atoms with van der Waals surface area (Å²) in [7, 11) is 3.55. The maximum Gasteiger partial charge on any atom is 0.417 e. The first kappa shape index (κ1) is 27.6. The number of nitrogens with zero attached hydrogens (tertiary/aromatic N) is 5. The van der Waals surface area contributed by atoms with Gasteiger partial charge >= 0.3 is 6.18 Å². The number of alkyl halides is 3. The van der Waals surface area contributed by atoms with Gasteiger partial charge in [-0.05, 0) is 60.5 Å². The zero-order valence-corrected chi connectivity index (χ0v) is 21.8. The van der Waals surface area contributed by atoms with Crippen molar-refractivity contribution in [2.75, 3.05) is 43.5 Å². The molecule has 2 heterocycles. The van der Waals surface area contributed by atoms with Gasteiger partial charge in [0, 0.05) is 62.6 Å². The summed E-state index contributed by atoms with van der Waals surface area (Å²) in [6.07, 6.45) is 0.137. The second-order valence-corrected chi connectivity index (χ2v) is 9.05. The van der Waals surface area contributed by atoms with Gasteiger partial charge in [-0.2, -0.15) is 23.5 Å². The van der Waals surface area contributed by atoms with Gasteiger partial charge in [0.15, 0.2) is 0 Å². The molecule has 0 spiro atoms. The average molecular weight is 538 g/mol. The monoisotopic (exact) mass is 537 g/mol. The molecule has 0 radical (unpaired) electrons. The molecule has 1 aliphatic rings. The average Bonchev–Trinajstić information content (AvgIpc) is 3.35. The fraction of sp³-hybridized carbons (Fsp3) is 0.321. The predicted octanol–water partition coefficient (Wildman–Crippen LogP) is 4.76. The number of benzene rings is 2. The Morgan fingerprint density at radius 2 is 1.97 bits per heavy atom. The van der Waals surface area contributed by atoms with Crippen LogP contribution in [0.3, 0.4) is 0 Å². The lowest BCUT2D eigenvalue weighted by Gasteiger charge is -2.33. The quantitative estimate of drug-likeness (QED) is 0.287. The van der Waals surface area contributed by atoms with E-state index >= 15 is 0 Å². The second-order valence-electron chi connectivity index (χ2n) is 9.05. The van der Waals surface area contributed by atoms with Crippen molar-refractivity contribution in [1.82, 2.24) is 15.1 Å². The number of hydrogen-bond donors (Lipinski definition) is 2. The van der Waals surface area contributed by atoms with Gasteiger partial charge in [0.2, 0.25) is 0 Å². The molecule has 39 heavy (non-hydrogen) atoms. The lowest BCUT2D eigenvalue weighted by molar-refractivity contribution is -0.137. The Bertz CT molecular complexity index is 1370. The summed E-state index contributed by atoms with van der Waals surface area (Å²) in [5.74, 6) is 0.775. The van der Waals surface area contributed by atoms with Crippen LogP contribution in [0.4, 0.5) is 24.5 Å². The van der Waals surface area contributed by atoms with E-state index in [0.717, 1.165) is 40.9 Å². The van der Waals surface area contributed by atoms with Crippen molar-refractivity contribution in [2.45, 2.75) is 19.0 Å². The van der Waals surface area contributed by atoms with Crippen molar-refractivity contribution >= 4 is 17.7 Å². The summed E-state index contributed by atoms with van der Waals surface area (Å²) in [6, 6.07) is 15.2. The van der Waals surface area contributed by atoms with Crippen molar-refractivity contribution < 1.29 is 17.9 Å². The van der Waals surface area contributed by atoms with Crippen molar-refractivity contribution in [2.24, 2.45) is 12.0 Å². The van der Waals surface area contributed by atoms with Gasteiger partial charge in [0.25, 0.3) is 0 Å². The largest absolute Gasteiger partial charge is 0.493 e. The molecule has 0 fully saturated rings. The Balaban J connectivity index is 1.39. The number of hydrogen-bond acceptors (Lipinski definition) is 6. The molecule has 2 N–H and O–H groups in total. The highest BCUT2D eigenvalue weighted by Gasteiger charge is 2.34. The molecule has 0 saturated carbocycles. The summed E-state index contributed by atoms with van der Waals surface area (Å²) in [5, 5.41) is 19.8. The molecule has 1 aromatic heterocycles. The minimum Gasteiger partial charge on any atom is -0.493 e. The summed E-state index contributed by atoms with van der Waals surface area (Å²) >= 11 is 0. The fourth-order valence-corrected chi connectivity index (χ4v) is 4.37. The number of anilines is 2. The molecule has 204 valence electrons. The van der Waals surface area contributed by atoms with E-state index in [1.807, 2.05) is 47.0 Å². The molecular formula is C28H30F3N7O. The summed E-state index contributed by atoms with van der Waals surface area (Å²) in [6.45, 7) is 2.04. The zero-order valence-electron chi connectivity index (χ0n) is 21.8. The first-order valence-corrected chi connectivity index (χ1v) is 12.5. The SMILES string of the molecule is CN=CNC1=C(CNc2ccc(OCCc3ccnn3C)cc2)CCN(c2ccc(C#N)c(C(F)(F)F)c2)C1. The lowest BCUT2D eigenvalue weighted by atomic mass is 10.0. The highest BCUT2D eigenvalue weighted by atomic mass is 19.4. The summed E-state index contributed by atoms with van der Waals surface area (Å²) in [5.41, 5.74) is 3.11.